The molecule has 3 aromatic rings. The van der Waals surface area contributed by atoms with Crippen molar-refractivity contribution in [3.05, 3.63) is 76.9 Å². The van der Waals surface area contributed by atoms with Gasteiger partial charge in [-0.15, -0.1) is 0 Å². The van der Waals surface area contributed by atoms with Crippen LogP contribution < -0.4 is 5.32 Å². The minimum atomic E-state index is -0.328. The Morgan fingerprint density at radius 1 is 1.00 bits per heavy atom. The molecule has 1 N–H and O–H groups in total. The molecule has 1 aromatic carbocycles. The SMILES string of the molecule is Cc1ccc([C@@H](NC(=O)c2nonc2C)c2ccncc2)cc1. The molecule has 2 heterocycles. The molecule has 0 bridgehead atoms. The lowest BCUT2D eigenvalue weighted by molar-refractivity contribution is 0.0932. The summed E-state index contributed by atoms with van der Waals surface area (Å²) < 4.78 is 4.60. The van der Waals surface area contributed by atoms with Crippen molar-refractivity contribution in [2.75, 3.05) is 0 Å². The van der Waals surface area contributed by atoms with Gasteiger partial charge in [0.2, 0.25) is 0 Å². The second-order valence-electron chi connectivity index (χ2n) is 5.30. The van der Waals surface area contributed by atoms with Crippen LogP contribution in [0.1, 0.15) is 38.9 Å². The Labute approximate surface area is 133 Å². The Bertz CT molecular complexity index is 797. The molecule has 6 heteroatoms. The summed E-state index contributed by atoms with van der Waals surface area (Å²) in [4.78, 5) is 16.5. The van der Waals surface area contributed by atoms with Gasteiger partial charge in [0.05, 0.1) is 6.04 Å². The number of hydrogen-bond acceptors (Lipinski definition) is 5. The number of carbonyl (C=O) groups is 1. The van der Waals surface area contributed by atoms with E-state index in [4.69, 9.17) is 0 Å². The van der Waals surface area contributed by atoms with Crippen molar-refractivity contribution in [2.24, 2.45) is 0 Å². The summed E-state index contributed by atoms with van der Waals surface area (Å²) in [6.07, 6.45) is 3.40. The van der Waals surface area contributed by atoms with Crippen LogP contribution in [0, 0.1) is 13.8 Å². The Morgan fingerprint density at radius 2 is 1.65 bits per heavy atom. The molecule has 0 saturated heterocycles. The topological polar surface area (TPSA) is 80.9 Å². The van der Waals surface area contributed by atoms with Crippen molar-refractivity contribution < 1.29 is 9.42 Å². The highest BCUT2D eigenvalue weighted by Crippen LogP contribution is 2.22. The molecule has 0 aliphatic rings. The molecule has 0 aliphatic heterocycles. The maximum absolute atomic E-state index is 12.5. The van der Waals surface area contributed by atoms with Crippen LogP contribution >= 0.6 is 0 Å². The first-order valence-corrected chi connectivity index (χ1v) is 7.21. The summed E-state index contributed by atoms with van der Waals surface area (Å²) in [6.45, 7) is 3.70. The van der Waals surface area contributed by atoms with E-state index in [0.29, 0.717) is 5.69 Å². The van der Waals surface area contributed by atoms with E-state index in [1.807, 2.05) is 43.3 Å². The number of nitrogens with one attached hydrogen (secondary N) is 1. The quantitative estimate of drug-likeness (QED) is 0.801. The van der Waals surface area contributed by atoms with E-state index in [-0.39, 0.29) is 17.6 Å². The highest BCUT2D eigenvalue weighted by Gasteiger charge is 2.21. The van der Waals surface area contributed by atoms with Crippen LogP contribution in [-0.4, -0.2) is 21.2 Å². The maximum Gasteiger partial charge on any atom is 0.276 e. The van der Waals surface area contributed by atoms with Crippen LogP contribution in [0.4, 0.5) is 0 Å². The lowest BCUT2D eigenvalue weighted by Crippen LogP contribution is -2.30. The molecule has 6 nitrogen and oxygen atoms in total. The molecule has 0 unspecified atom stereocenters. The average molecular weight is 308 g/mol. The van der Waals surface area contributed by atoms with E-state index >= 15 is 0 Å². The summed E-state index contributed by atoms with van der Waals surface area (Å²) in [7, 11) is 0. The van der Waals surface area contributed by atoms with Crippen LogP contribution in [0.5, 0.6) is 0 Å². The van der Waals surface area contributed by atoms with E-state index in [1.165, 1.54) is 0 Å². The van der Waals surface area contributed by atoms with Gasteiger partial charge in [-0.1, -0.05) is 35.0 Å². The van der Waals surface area contributed by atoms with Crippen molar-refractivity contribution in [3.8, 4) is 0 Å². The third-order valence-electron chi connectivity index (χ3n) is 3.59. The molecule has 1 atom stereocenters. The zero-order valence-electron chi connectivity index (χ0n) is 12.9. The van der Waals surface area contributed by atoms with Crippen molar-refractivity contribution in [2.45, 2.75) is 19.9 Å². The minimum Gasteiger partial charge on any atom is -0.340 e. The van der Waals surface area contributed by atoms with E-state index in [2.05, 4.69) is 25.2 Å². The highest BCUT2D eigenvalue weighted by molar-refractivity contribution is 5.93. The first-order chi connectivity index (χ1) is 11.1. The fraction of sp³-hybridized carbons (Fsp3) is 0.176. The normalized spacial score (nSPS) is 11.9. The summed E-state index contributed by atoms with van der Waals surface area (Å²) in [5.41, 5.74) is 3.72. The molecule has 1 amide bonds. The molecule has 0 aliphatic carbocycles. The summed E-state index contributed by atoms with van der Waals surface area (Å²) in [5, 5.41) is 10.3. The minimum absolute atomic E-state index is 0.191. The van der Waals surface area contributed by atoms with Gasteiger partial charge in [-0.25, -0.2) is 4.63 Å². The predicted molar refractivity (Wildman–Crippen MR) is 83.8 cm³/mol. The number of benzene rings is 1. The predicted octanol–water partition coefficient (Wildman–Crippen LogP) is 2.60. The van der Waals surface area contributed by atoms with Crippen LogP contribution in [-0.2, 0) is 0 Å². The van der Waals surface area contributed by atoms with E-state index in [1.54, 1.807) is 19.3 Å². The van der Waals surface area contributed by atoms with E-state index in [9.17, 15) is 4.79 Å². The van der Waals surface area contributed by atoms with Gasteiger partial charge in [-0.05, 0) is 42.3 Å². The van der Waals surface area contributed by atoms with Crippen molar-refractivity contribution >= 4 is 5.91 Å². The van der Waals surface area contributed by atoms with Gasteiger partial charge < -0.3 is 5.32 Å². The van der Waals surface area contributed by atoms with Gasteiger partial charge in [0, 0.05) is 12.4 Å². The second kappa shape index (κ2) is 6.39. The van der Waals surface area contributed by atoms with Gasteiger partial charge in [0.1, 0.15) is 5.69 Å². The molecule has 23 heavy (non-hydrogen) atoms. The Morgan fingerprint density at radius 3 is 2.26 bits per heavy atom. The number of carbonyl (C=O) groups excluding carboxylic acids is 1. The molecule has 116 valence electrons. The second-order valence-corrected chi connectivity index (χ2v) is 5.30. The molecular weight excluding hydrogens is 292 g/mol. The van der Waals surface area contributed by atoms with Crippen LogP contribution in [0.3, 0.4) is 0 Å². The molecule has 0 spiro atoms. The molecule has 2 aromatic heterocycles. The van der Waals surface area contributed by atoms with Crippen LogP contribution in [0.15, 0.2) is 53.4 Å². The van der Waals surface area contributed by atoms with Crippen LogP contribution in [0.2, 0.25) is 0 Å². The lowest BCUT2D eigenvalue weighted by atomic mass is 9.98. The Hall–Kier alpha value is -3.02. The molecule has 3 rings (SSSR count). The van der Waals surface area contributed by atoms with Crippen molar-refractivity contribution in [1.82, 2.24) is 20.6 Å². The number of aromatic nitrogens is 3. The number of rotatable bonds is 4. The number of amides is 1. The molecule has 0 radical (unpaired) electrons. The zero-order valence-corrected chi connectivity index (χ0v) is 12.9. The largest absolute Gasteiger partial charge is 0.340 e. The fourth-order valence-corrected chi connectivity index (χ4v) is 2.31. The number of aryl methyl sites for hydroxylation is 2. The summed E-state index contributed by atoms with van der Waals surface area (Å²) in [6, 6.07) is 11.5. The van der Waals surface area contributed by atoms with Crippen molar-refractivity contribution in [1.29, 1.82) is 0 Å². The Kier molecular flexibility index (Phi) is 4.14. The fourth-order valence-electron chi connectivity index (χ4n) is 2.31. The third kappa shape index (κ3) is 3.26. The number of hydrogen-bond donors (Lipinski definition) is 1. The van der Waals surface area contributed by atoms with Gasteiger partial charge in [-0.3, -0.25) is 9.78 Å². The van der Waals surface area contributed by atoms with Gasteiger partial charge in [0.25, 0.3) is 5.91 Å². The third-order valence-corrected chi connectivity index (χ3v) is 3.59. The first kappa shape index (κ1) is 14.9. The lowest BCUT2D eigenvalue weighted by Gasteiger charge is -2.19. The standard InChI is InChI=1S/C17H16N4O2/c1-11-3-5-13(6-4-11)16(14-7-9-18-10-8-14)19-17(22)15-12(2)20-23-21-15/h3-10,16H,1-2H3,(H,19,22)/t16-/m1/s1. The molecule has 0 saturated carbocycles. The average Bonchev–Trinajstić information content (AvgIpc) is 3.00. The van der Waals surface area contributed by atoms with Gasteiger partial charge in [0.15, 0.2) is 5.69 Å². The van der Waals surface area contributed by atoms with Gasteiger partial charge >= 0.3 is 0 Å². The first-order valence-electron chi connectivity index (χ1n) is 7.21. The molecular formula is C17H16N4O2. The van der Waals surface area contributed by atoms with Crippen LogP contribution in [0.25, 0.3) is 0 Å². The number of nitrogens with zero attached hydrogens (tertiary/aromatic N) is 3. The summed E-state index contributed by atoms with van der Waals surface area (Å²) >= 11 is 0. The Balaban J connectivity index is 1.94. The molecule has 0 fully saturated rings. The van der Waals surface area contributed by atoms with Crippen molar-refractivity contribution in [3.63, 3.8) is 0 Å². The zero-order chi connectivity index (χ0) is 16.2. The van der Waals surface area contributed by atoms with E-state index in [0.717, 1.165) is 16.7 Å². The number of pyridine rings is 1. The monoisotopic (exact) mass is 308 g/mol. The smallest absolute Gasteiger partial charge is 0.276 e. The maximum atomic E-state index is 12.5. The van der Waals surface area contributed by atoms with E-state index < -0.39 is 0 Å². The van der Waals surface area contributed by atoms with Gasteiger partial charge in [-0.2, -0.15) is 0 Å². The summed E-state index contributed by atoms with van der Waals surface area (Å²) in [5.74, 6) is -0.328. The highest BCUT2D eigenvalue weighted by atomic mass is 16.6.